The third-order valence-electron chi connectivity index (χ3n) is 4.31. The molecule has 0 fully saturated rings. The molecule has 0 saturated carbocycles. The van der Waals surface area contributed by atoms with Crippen molar-refractivity contribution in [2.24, 2.45) is 0 Å². The molecule has 9 heteroatoms. The van der Waals surface area contributed by atoms with E-state index in [9.17, 15) is 13.2 Å². The summed E-state index contributed by atoms with van der Waals surface area (Å²) in [6.07, 6.45) is 0.630. The fourth-order valence-electron chi connectivity index (χ4n) is 2.90. The zero-order chi connectivity index (χ0) is 21.6. The van der Waals surface area contributed by atoms with Crippen molar-refractivity contribution in [1.82, 2.24) is 0 Å². The molecule has 0 unspecified atom stereocenters. The van der Waals surface area contributed by atoms with Gasteiger partial charge in [0.05, 0.1) is 25.6 Å². The zero-order valence-corrected chi connectivity index (χ0v) is 18.2. The minimum atomic E-state index is -3.71. The maximum absolute atomic E-state index is 12.5. The maximum atomic E-state index is 12.5. The van der Waals surface area contributed by atoms with Gasteiger partial charge in [-0.3, -0.25) is 9.52 Å². The molecule has 3 aromatic rings. The molecule has 0 bridgehead atoms. The van der Waals surface area contributed by atoms with Gasteiger partial charge >= 0.3 is 0 Å². The Bertz CT molecular complexity index is 1110. The number of para-hydroxylation sites is 3. The first-order valence-corrected chi connectivity index (χ1v) is 11.5. The van der Waals surface area contributed by atoms with Gasteiger partial charge in [0.15, 0.2) is 11.5 Å². The molecular formula is C21H22N2O5S2. The lowest BCUT2D eigenvalue weighted by molar-refractivity contribution is -0.116. The molecule has 0 aliphatic carbocycles. The summed E-state index contributed by atoms with van der Waals surface area (Å²) >= 11 is 1.12. The third kappa shape index (κ3) is 5.11. The quantitative estimate of drug-likeness (QED) is 0.515. The standard InChI is InChI=1S/C21H22N2O5S2/c1-27-18-10-5-7-15(21(18)28-2)12-13-19(24)22-16-8-3-4-9-17(16)23-30(25,26)20-11-6-14-29-20/h3-11,14,23H,12-13H2,1-2H3,(H,22,24). The molecule has 0 spiro atoms. The highest BCUT2D eigenvalue weighted by molar-refractivity contribution is 7.94. The van der Waals surface area contributed by atoms with Crippen LogP contribution in [-0.2, 0) is 21.2 Å². The number of hydrogen-bond donors (Lipinski definition) is 2. The highest BCUT2D eigenvalue weighted by atomic mass is 32.2. The normalized spacial score (nSPS) is 11.0. The van der Waals surface area contributed by atoms with Gasteiger partial charge in [-0.05, 0) is 41.6 Å². The van der Waals surface area contributed by atoms with E-state index >= 15 is 0 Å². The first kappa shape index (κ1) is 21.7. The summed E-state index contributed by atoms with van der Waals surface area (Å²) in [6.45, 7) is 0. The average Bonchev–Trinajstić information content (AvgIpc) is 3.29. The van der Waals surface area contributed by atoms with E-state index in [1.807, 2.05) is 12.1 Å². The van der Waals surface area contributed by atoms with Crippen LogP contribution in [0.4, 0.5) is 11.4 Å². The summed E-state index contributed by atoms with van der Waals surface area (Å²) in [7, 11) is -0.602. The number of ether oxygens (including phenoxy) is 2. The monoisotopic (exact) mass is 446 g/mol. The van der Waals surface area contributed by atoms with Crippen LogP contribution in [-0.4, -0.2) is 28.5 Å². The van der Waals surface area contributed by atoms with Gasteiger partial charge in [-0.2, -0.15) is 0 Å². The number of anilines is 2. The highest BCUT2D eigenvalue weighted by Gasteiger charge is 2.18. The minimum absolute atomic E-state index is 0.190. The molecular weight excluding hydrogens is 424 g/mol. The SMILES string of the molecule is COc1cccc(CCC(=O)Nc2ccccc2NS(=O)(=O)c2cccs2)c1OC. The van der Waals surface area contributed by atoms with Crippen molar-refractivity contribution in [3.63, 3.8) is 0 Å². The maximum Gasteiger partial charge on any atom is 0.271 e. The molecule has 1 aromatic heterocycles. The number of carbonyl (C=O) groups excluding carboxylic acids is 1. The molecule has 7 nitrogen and oxygen atoms in total. The average molecular weight is 447 g/mol. The molecule has 2 N–H and O–H groups in total. The number of nitrogens with one attached hydrogen (secondary N) is 2. The second kappa shape index (κ2) is 9.64. The molecule has 30 heavy (non-hydrogen) atoms. The van der Waals surface area contributed by atoms with Gasteiger partial charge in [0.25, 0.3) is 10.0 Å². The molecule has 1 heterocycles. The zero-order valence-electron chi connectivity index (χ0n) is 16.5. The van der Waals surface area contributed by atoms with E-state index in [1.165, 1.54) is 6.07 Å². The van der Waals surface area contributed by atoms with Gasteiger partial charge in [-0.1, -0.05) is 30.3 Å². The first-order valence-electron chi connectivity index (χ1n) is 9.09. The second-order valence-corrected chi connectivity index (χ2v) is 9.14. The van der Waals surface area contributed by atoms with Crippen molar-refractivity contribution < 1.29 is 22.7 Å². The van der Waals surface area contributed by atoms with Crippen LogP contribution in [0.1, 0.15) is 12.0 Å². The molecule has 158 valence electrons. The van der Waals surface area contributed by atoms with Gasteiger partial charge in [0.2, 0.25) is 5.91 Å². The van der Waals surface area contributed by atoms with E-state index < -0.39 is 10.0 Å². The number of aryl methyl sites for hydroxylation is 1. The van der Waals surface area contributed by atoms with E-state index in [1.54, 1.807) is 56.0 Å². The van der Waals surface area contributed by atoms with Crippen molar-refractivity contribution in [3.05, 3.63) is 65.5 Å². The number of amides is 1. The molecule has 0 saturated heterocycles. The molecule has 1 amide bonds. The molecule has 3 rings (SSSR count). The number of thiophene rings is 1. The van der Waals surface area contributed by atoms with Gasteiger partial charge < -0.3 is 14.8 Å². The van der Waals surface area contributed by atoms with Crippen molar-refractivity contribution in [1.29, 1.82) is 0 Å². The van der Waals surface area contributed by atoms with E-state index in [-0.39, 0.29) is 16.5 Å². The first-order chi connectivity index (χ1) is 14.4. The van der Waals surface area contributed by atoms with Crippen molar-refractivity contribution in [2.75, 3.05) is 24.3 Å². The van der Waals surface area contributed by atoms with E-state index in [4.69, 9.17) is 9.47 Å². The van der Waals surface area contributed by atoms with Gasteiger partial charge in [-0.15, -0.1) is 11.3 Å². The number of carbonyl (C=O) groups is 1. The summed E-state index contributed by atoms with van der Waals surface area (Å²) in [6, 6.07) is 15.4. The predicted octanol–water partition coefficient (Wildman–Crippen LogP) is 4.14. The smallest absolute Gasteiger partial charge is 0.271 e. The number of methoxy groups -OCH3 is 2. The Morgan fingerprint density at radius 1 is 0.967 bits per heavy atom. The summed E-state index contributed by atoms with van der Waals surface area (Å²) < 4.78 is 38.4. The topological polar surface area (TPSA) is 93.7 Å². The predicted molar refractivity (Wildman–Crippen MR) is 118 cm³/mol. The fourth-order valence-corrected chi connectivity index (χ4v) is 4.98. The van der Waals surface area contributed by atoms with Gasteiger partial charge in [0, 0.05) is 6.42 Å². The lowest BCUT2D eigenvalue weighted by Gasteiger charge is -2.14. The Morgan fingerprint density at radius 2 is 1.73 bits per heavy atom. The molecule has 0 aliphatic heterocycles. The van der Waals surface area contributed by atoms with Crippen molar-refractivity contribution in [2.45, 2.75) is 17.1 Å². The summed E-state index contributed by atoms with van der Waals surface area (Å²) in [4.78, 5) is 12.5. The Morgan fingerprint density at radius 3 is 2.40 bits per heavy atom. The number of rotatable bonds is 9. The summed E-state index contributed by atoms with van der Waals surface area (Å²) in [5.74, 6) is 0.947. The van der Waals surface area contributed by atoms with Crippen LogP contribution in [0.5, 0.6) is 11.5 Å². The van der Waals surface area contributed by atoms with Crippen LogP contribution >= 0.6 is 11.3 Å². The molecule has 0 atom stereocenters. The van der Waals surface area contributed by atoms with E-state index in [2.05, 4.69) is 10.0 Å². The summed E-state index contributed by atoms with van der Waals surface area (Å²) in [5.41, 5.74) is 1.54. The Hall–Kier alpha value is -3.04. The largest absolute Gasteiger partial charge is 0.493 e. The van der Waals surface area contributed by atoms with Crippen LogP contribution in [0.2, 0.25) is 0 Å². The Kier molecular flexibility index (Phi) is 6.96. The van der Waals surface area contributed by atoms with Crippen molar-refractivity contribution in [3.8, 4) is 11.5 Å². The van der Waals surface area contributed by atoms with Crippen LogP contribution in [0.15, 0.2) is 64.2 Å². The Labute approximate surface area is 179 Å². The summed E-state index contributed by atoms with van der Waals surface area (Å²) in [5, 5.41) is 4.47. The lowest BCUT2D eigenvalue weighted by atomic mass is 10.1. The van der Waals surface area contributed by atoms with Crippen molar-refractivity contribution >= 4 is 38.6 Å². The van der Waals surface area contributed by atoms with E-state index in [0.717, 1.165) is 16.9 Å². The number of benzene rings is 2. The van der Waals surface area contributed by atoms with Crippen LogP contribution < -0.4 is 19.5 Å². The van der Waals surface area contributed by atoms with Gasteiger partial charge in [0.1, 0.15) is 4.21 Å². The lowest BCUT2D eigenvalue weighted by Crippen LogP contribution is -2.17. The molecule has 0 aliphatic rings. The van der Waals surface area contributed by atoms with Gasteiger partial charge in [-0.25, -0.2) is 8.42 Å². The minimum Gasteiger partial charge on any atom is -0.493 e. The van der Waals surface area contributed by atoms with Crippen LogP contribution in [0.3, 0.4) is 0 Å². The Balaban J connectivity index is 1.70. The highest BCUT2D eigenvalue weighted by Crippen LogP contribution is 2.32. The fraction of sp³-hybridized carbons (Fsp3) is 0.190. The second-order valence-electron chi connectivity index (χ2n) is 6.28. The third-order valence-corrected chi connectivity index (χ3v) is 7.07. The molecule has 2 aromatic carbocycles. The van der Waals surface area contributed by atoms with Crippen LogP contribution in [0.25, 0.3) is 0 Å². The number of hydrogen-bond acceptors (Lipinski definition) is 6. The van der Waals surface area contributed by atoms with Crippen LogP contribution in [0, 0.1) is 0 Å². The number of sulfonamides is 1. The molecule has 0 radical (unpaired) electrons. The van der Waals surface area contributed by atoms with E-state index in [0.29, 0.717) is 29.3 Å².